The topological polar surface area (TPSA) is 90.4 Å². The van der Waals surface area contributed by atoms with Gasteiger partial charge in [-0.3, -0.25) is 10.1 Å². The van der Waals surface area contributed by atoms with E-state index in [4.69, 9.17) is 10.5 Å². The summed E-state index contributed by atoms with van der Waals surface area (Å²) in [6.07, 6.45) is 2.15. The summed E-state index contributed by atoms with van der Waals surface area (Å²) < 4.78 is 5.30. The van der Waals surface area contributed by atoms with E-state index in [0.717, 1.165) is 38.3 Å². The Labute approximate surface area is 105 Å². The number of nitro groups is 1. The smallest absolute Gasteiger partial charge is 0.292 e. The predicted molar refractivity (Wildman–Crippen MR) is 69.5 cm³/mol. The van der Waals surface area contributed by atoms with Crippen LogP contribution in [0.25, 0.3) is 0 Å². The Morgan fingerprint density at radius 1 is 1.56 bits per heavy atom. The van der Waals surface area contributed by atoms with E-state index >= 15 is 0 Å². The number of nitro benzene ring substituents is 1. The molecule has 0 bridgehead atoms. The van der Waals surface area contributed by atoms with E-state index in [0.29, 0.717) is 5.92 Å². The molecule has 1 aromatic rings. The van der Waals surface area contributed by atoms with Gasteiger partial charge in [-0.05, 0) is 30.9 Å². The van der Waals surface area contributed by atoms with Crippen molar-refractivity contribution in [1.82, 2.24) is 0 Å². The molecule has 3 N–H and O–H groups in total. The third-order valence-electron chi connectivity index (χ3n) is 3.13. The summed E-state index contributed by atoms with van der Waals surface area (Å²) in [7, 11) is 0. The number of hydrogen-bond donors (Lipinski definition) is 2. The minimum atomic E-state index is -0.477. The molecule has 0 saturated carbocycles. The maximum atomic E-state index is 10.6. The van der Waals surface area contributed by atoms with Crippen molar-refractivity contribution in [2.45, 2.75) is 12.8 Å². The van der Waals surface area contributed by atoms with Gasteiger partial charge in [0.05, 0.1) is 4.92 Å². The van der Waals surface area contributed by atoms with Crippen LogP contribution in [0.1, 0.15) is 12.8 Å². The summed E-state index contributed by atoms with van der Waals surface area (Å²) in [6.45, 7) is 2.52. The molecule has 0 aromatic heterocycles. The lowest BCUT2D eigenvalue weighted by molar-refractivity contribution is -0.383. The van der Waals surface area contributed by atoms with Crippen molar-refractivity contribution in [2.75, 3.05) is 30.8 Å². The molecule has 98 valence electrons. The Kier molecular flexibility index (Phi) is 3.99. The van der Waals surface area contributed by atoms with Crippen molar-refractivity contribution in [2.24, 2.45) is 5.92 Å². The van der Waals surface area contributed by atoms with Crippen LogP contribution >= 0.6 is 0 Å². The number of nitrogens with one attached hydrogen (secondary N) is 1. The van der Waals surface area contributed by atoms with E-state index in [1.807, 2.05) is 0 Å². The highest BCUT2D eigenvalue weighted by molar-refractivity contribution is 5.65. The zero-order valence-corrected chi connectivity index (χ0v) is 10.1. The van der Waals surface area contributed by atoms with Crippen molar-refractivity contribution in [3.8, 4) is 0 Å². The number of anilines is 2. The monoisotopic (exact) mass is 251 g/mol. The van der Waals surface area contributed by atoms with E-state index in [-0.39, 0.29) is 11.4 Å². The summed E-state index contributed by atoms with van der Waals surface area (Å²) >= 11 is 0. The summed E-state index contributed by atoms with van der Waals surface area (Å²) in [4.78, 5) is 10.1. The van der Waals surface area contributed by atoms with Crippen molar-refractivity contribution < 1.29 is 9.66 Å². The first-order valence-electron chi connectivity index (χ1n) is 6.02. The fourth-order valence-electron chi connectivity index (χ4n) is 2.06. The van der Waals surface area contributed by atoms with E-state index in [1.54, 1.807) is 12.1 Å². The minimum absolute atomic E-state index is 0.0512. The van der Waals surface area contributed by atoms with E-state index < -0.39 is 4.92 Å². The van der Waals surface area contributed by atoms with Crippen LogP contribution in [0.15, 0.2) is 18.2 Å². The van der Waals surface area contributed by atoms with E-state index in [9.17, 15) is 10.1 Å². The SMILES string of the molecule is Nc1cc(NCCC2CCOC2)ccc1[N+](=O)[O-]. The van der Waals surface area contributed by atoms with Crippen molar-refractivity contribution in [3.63, 3.8) is 0 Å². The number of ether oxygens (including phenoxy) is 1. The lowest BCUT2D eigenvalue weighted by atomic mass is 10.1. The molecule has 18 heavy (non-hydrogen) atoms. The van der Waals surface area contributed by atoms with Crippen LogP contribution in [0.5, 0.6) is 0 Å². The molecule has 0 radical (unpaired) electrons. The number of benzene rings is 1. The molecule has 1 saturated heterocycles. The number of nitrogens with two attached hydrogens (primary N) is 1. The first-order chi connectivity index (χ1) is 8.66. The number of hydrogen-bond acceptors (Lipinski definition) is 5. The standard InChI is InChI=1S/C12H17N3O3/c13-11-7-10(1-2-12(11)15(16)17)14-5-3-9-4-6-18-8-9/h1-2,7,9,14H,3-6,8,13H2. The van der Waals surface area contributed by atoms with Crippen LogP contribution in [-0.4, -0.2) is 24.7 Å². The number of rotatable bonds is 5. The van der Waals surface area contributed by atoms with Crippen molar-refractivity contribution in [3.05, 3.63) is 28.3 Å². The molecule has 6 heteroatoms. The molecule has 2 rings (SSSR count). The highest BCUT2D eigenvalue weighted by Gasteiger charge is 2.15. The molecule has 1 atom stereocenters. The molecule has 1 heterocycles. The van der Waals surface area contributed by atoms with Gasteiger partial charge in [0, 0.05) is 31.5 Å². The van der Waals surface area contributed by atoms with Gasteiger partial charge in [0.25, 0.3) is 5.69 Å². The molecule has 1 unspecified atom stereocenters. The summed E-state index contributed by atoms with van der Waals surface area (Å²) in [5.41, 5.74) is 6.57. The molecule has 0 amide bonds. The fourth-order valence-corrected chi connectivity index (χ4v) is 2.06. The van der Waals surface area contributed by atoms with Gasteiger partial charge in [0.2, 0.25) is 0 Å². The third-order valence-corrected chi connectivity index (χ3v) is 3.13. The Morgan fingerprint density at radius 2 is 2.39 bits per heavy atom. The number of nitrogens with zero attached hydrogens (tertiary/aromatic N) is 1. The minimum Gasteiger partial charge on any atom is -0.393 e. The summed E-state index contributed by atoms with van der Waals surface area (Å²) in [5.74, 6) is 0.618. The fraction of sp³-hybridized carbons (Fsp3) is 0.500. The summed E-state index contributed by atoms with van der Waals surface area (Å²) in [6, 6.07) is 4.71. The van der Waals surface area contributed by atoms with Gasteiger partial charge < -0.3 is 15.8 Å². The zero-order chi connectivity index (χ0) is 13.0. The Morgan fingerprint density at radius 3 is 3.00 bits per heavy atom. The first kappa shape index (κ1) is 12.6. The molecule has 1 fully saturated rings. The Balaban J connectivity index is 1.85. The highest BCUT2D eigenvalue weighted by atomic mass is 16.6. The van der Waals surface area contributed by atoms with Gasteiger partial charge in [0.1, 0.15) is 5.69 Å². The van der Waals surface area contributed by atoms with Gasteiger partial charge in [-0.1, -0.05) is 0 Å². The van der Waals surface area contributed by atoms with E-state index in [1.165, 1.54) is 6.07 Å². The average molecular weight is 251 g/mol. The quantitative estimate of drug-likeness (QED) is 0.474. The Bertz CT molecular complexity index is 431. The molecule has 6 nitrogen and oxygen atoms in total. The number of nitrogen functional groups attached to an aromatic ring is 1. The average Bonchev–Trinajstić information content (AvgIpc) is 2.81. The predicted octanol–water partition coefficient (Wildman–Crippen LogP) is 2.02. The van der Waals surface area contributed by atoms with Gasteiger partial charge in [0.15, 0.2) is 0 Å². The van der Waals surface area contributed by atoms with Crippen LogP contribution < -0.4 is 11.1 Å². The van der Waals surface area contributed by atoms with Gasteiger partial charge in [-0.25, -0.2) is 0 Å². The Hall–Kier alpha value is -1.82. The van der Waals surface area contributed by atoms with Crippen LogP contribution in [0.3, 0.4) is 0 Å². The van der Waals surface area contributed by atoms with Gasteiger partial charge in [-0.15, -0.1) is 0 Å². The molecule has 0 aliphatic carbocycles. The van der Waals surface area contributed by atoms with Crippen molar-refractivity contribution in [1.29, 1.82) is 0 Å². The largest absolute Gasteiger partial charge is 0.393 e. The molecular weight excluding hydrogens is 234 g/mol. The molecule has 1 aromatic carbocycles. The van der Waals surface area contributed by atoms with Crippen LogP contribution in [-0.2, 0) is 4.74 Å². The zero-order valence-electron chi connectivity index (χ0n) is 10.1. The second kappa shape index (κ2) is 5.68. The molecule has 1 aliphatic heterocycles. The van der Waals surface area contributed by atoms with Gasteiger partial charge >= 0.3 is 0 Å². The lowest BCUT2D eigenvalue weighted by Crippen LogP contribution is -2.09. The second-order valence-corrected chi connectivity index (χ2v) is 4.48. The van der Waals surface area contributed by atoms with Crippen LogP contribution in [0.2, 0.25) is 0 Å². The van der Waals surface area contributed by atoms with Crippen LogP contribution in [0.4, 0.5) is 17.1 Å². The van der Waals surface area contributed by atoms with E-state index in [2.05, 4.69) is 5.32 Å². The van der Waals surface area contributed by atoms with Gasteiger partial charge in [-0.2, -0.15) is 0 Å². The lowest BCUT2D eigenvalue weighted by Gasteiger charge is -2.10. The van der Waals surface area contributed by atoms with Crippen LogP contribution in [0, 0.1) is 16.0 Å². The highest BCUT2D eigenvalue weighted by Crippen LogP contribution is 2.25. The third kappa shape index (κ3) is 3.10. The molecule has 1 aliphatic rings. The maximum absolute atomic E-state index is 10.6. The second-order valence-electron chi connectivity index (χ2n) is 4.48. The summed E-state index contributed by atoms with van der Waals surface area (Å²) in [5, 5.41) is 13.8. The molecular formula is C12H17N3O3. The molecule has 0 spiro atoms. The maximum Gasteiger partial charge on any atom is 0.292 e. The first-order valence-corrected chi connectivity index (χ1v) is 6.02. The normalized spacial score (nSPS) is 18.8. The van der Waals surface area contributed by atoms with Crippen molar-refractivity contribution >= 4 is 17.1 Å².